The topological polar surface area (TPSA) is 73.9 Å². The van der Waals surface area contributed by atoms with Crippen molar-refractivity contribution in [1.82, 2.24) is 5.32 Å². The van der Waals surface area contributed by atoms with Crippen LogP contribution >= 0.6 is 0 Å². The predicted octanol–water partition coefficient (Wildman–Crippen LogP) is 2.19. The number of para-hydroxylation sites is 1. The maximum Gasteiger partial charge on any atom is 0.325 e. The summed E-state index contributed by atoms with van der Waals surface area (Å²) in [5.41, 5.74) is 0.370. The van der Waals surface area contributed by atoms with E-state index in [9.17, 15) is 14.0 Å². The second-order valence-electron chi connectivity index (χ2n) is 4.91. The Morgan fingerprint density at radius 3 is 2.64 bits per heavy atom. The first-order valence-electron chi connectivity index (χ1n) is 7.55. The third-order valence-electron chi connectivity index (χ3n) is 3.17. The van der Waals surface area contributed by atoms with Crippen molar-refractivity contribution in [3.05, 3.63) is 59.9 Å². The highest BCUT2D eigenvalue weighted by molar-refractivity contribution is 5.96. The van der Waals surface area contributed by atoms with Gasteiger partial charge in [0.05, 0.1) is 7.11 Å². The van der Waals surface area contributed by atoms with Gasteiger partial charge in [-0.3, -0.25) is 9.59 Å². The fourth-order valence-corrected chi connectivity index (χ4v) is 1.94. The fraction of sp³-hybridized carbons (Fsp3) is 0.222. The van der Waals surface area contributed by atoms with Crippen LogP contribution in [0.2, 0.25) is 0 Å². The molecule has 1 N–H and O–H groups in total. The lowest BCUT2D eigenvalue weighted by atomic mass is 10.2. The van der Waals surface area contributed by atoms with Crippen molar-refractivity contribution in [2.75, 3.05) is 26.9 Å². The SMILES string of the molecule is COc1cccc(C(=O)NCC(=O)OCCOc2ccccc2F)c1. The van der Waals surface area contributed by atoms with Crippen LogP contribution in [0.4, 0.5) is 4.39 Å². The Labute approximate surface area is 144 Å². The number of hydrogen-bond donors (Lipinski definition) is 1. The summed E-state index contributed by atoms with van der Waals surface area (Å²) in [5, 5.41) is 2.45. The molecule has 25 heavy (non-hydrogen) atoms. The number of halogens is 1. The molecule has 0 aliphatic carbocycles. The molecule has 0 bridgehead atoms. The van der Waals surface area contributed by atoms with Gasteiger partial charge in [-0.2, -0.15) is 0 Å². The number of carbonyl (C=O) groups excluding carboxylic acids is 2. The molecule has 0 saturated heterocycles. The average molecular weight is 347 g/mol. The number of amides is 1. The van der Waals surface area contributed by atoms with Crippen molar-refractivity contribution in [3.63, 3.8) is 0 Å². The number of esters is 1. The van der Waals surface area contributed by atoms with Crippen LogP contribution in [0.25, 0.3) is 0 Å². The van der Waals surface area contributed by atoms with Gasteiger partial charge in [0.15, 0.2) is 11.6 Å². The van der Waals surface area contributed by atoms with Crippen LogP contribution in [-0.2, 0) is 9.53 Å². The second-order valence-corrected chi connectivity index (χ2v) is 4.91. The third kappa shape index (κ3) is 5.80. The zero-order chi connectivity index (χ0) is 18.1. The molecule has 2 aromatic rings. The van der Waals surface area contributed by atoms with Gasteiger partial charge in [-0.15, -0.1) is 0 Å². The number of methoxy groups -OCH3 is 1. The second kappa shape index (κ2) is 9.27. The van der Waals surface area contributed by atoms with Crippen LogP contribution in [-0.4, -0.2) is 38.7 Å². The van der Waals surface area contributed by atoms with Crippen LogP contribution in [0.3, 0.4) is 0 Å². The van der Waals surface area contributed by atoms with Crippen LogP contribution in [0.5, 0.6) is 11.5 Å². The maximum atomic E-state index is 13.3. The molecule has 0 fully saturated rings. The smallest absolute Gasteiger partial charge is 0.325 e. The minimum absolute atomic E-state index is 0.0104. The van der Waals surface area contributed by atoms with E-state index in [1.807, 2.05) is 0 Å². The largest absolute Gasteiger partial charge is 0.497 e. The van der Waals surface area contributed by atoms with Crippen molar-refractivity contribution in [1.29, 1.82) is 0 Å². The zero-order valence-electron chi connectivity index (χ0n) is 13.7. The molecule has 0 atom stereocenters. The summed E-state index contributed by atoms with van der Waals surface area (Å²) in [6, 6.07) is 12.5. The Kier molecular flexibility index (Phi) is 6.76. The Bertz CT molecular complexity index is 735. The molecule has 0 aliphatic heterocycles. The lowest BCUT2D eigenvalue weighted by Gasteiger charge is -2.09. The highest BCUT2D eigenvalue weighted by Crippen LogP contribution is 2.15. The standard InChI is InChI=1S/C18H18FNO5/c1-23-14-6-4-5-13(11-14)18(22)20-12-17(21)25-10-9-24-16-8-3-2-7-15(16)19/h2-8,11H,9-10,12H2,1H3,(H,20,22). The van der Waals surface area contributed by atoms with Crippen molar-refractivity contribution >= 4 is 11.9 Å². The van der Waals surface area contributed by atoms with Gasteiger partial charge in [0.25, 0.3) is 5.91 Å². The van der Waals surface area contributed by atoms with E-state index in [1.165, 1.54) is 19.2 Å². The summed E-state index contributed by atoms with van der Waals surface area (Å²) in [5.74, 6) is -0.892. The molecule has 2 rings (SSSR count). The molecule has 0 radical (unpaired) electrons. The number of ether oxygens (including phenoxy) is 3. The van der Waals surface area contributed by atoms with E-state index in [-0.39, 0.29) is 25.5 Å². The minimum atomic E-state index is -0.617. The van der Waals surface area contributed by atoms with Crippen LogP contribution in [0, 0.1) is 5.82 Å². The third-order valence-corrected chi connectivity index (χ3v) is 3.17. The molecule has 1 amide bonds. The highest BCUT2D eigenvalue weighted by atomic mass is 19.1. The molecule has 2 aromatic carbocycles. The van der Waals surface area contributed by atoms with Gasteiger partial charge in [0.2, 0.25) is 0 Å². The van der Waals surface area contributed by atoms with Gasteiger partial charge >= 0.3 is 5.97 Å². The molecule has 0 aromatic heterocycles. The summed E-state index contributed by atoms with van der Waals surface area (Å²) in [6.07, 6.45) is 0. The van der Waals surface area contributed by atoms with Crippen molar-refractivity contribution in [2.24, 2.45) is 0 Å². The Morgan fingerprint density at radius 1 is 1.08 bits per heavy atom. The predicted molar refractivity (Wildman–Crippen MR) is 88.2 cm³/mol. The molecule has 132 valence electrons. The van der Waals surface area contributed by atoms with Gasteiger partial charge in [-0.1, -0.05) is 18.2 Å². The van der Waals surface area contributed by atoms with Crippen LogP contribution in [0.1, 0.15) is 10.4 Å². The first-order valence-corrected chi connectivity index (χ1v) is 7.55. The molecule has 0 saturated carbocycles. The highest BCUT2D eigenvalue weighted by Gasteiger charge is 2.10. The Hall–Kier alpha value is -3.09. The van der Waals surface area contributed by atoms with Crippen LogP contribution < -0.4 is 14.8 Å². The molecule has 0 spiro atoms. The van der Waals surface area contributed by atoms with Crippen LogP contribution in [0.15, 0.2) is 48.5 Å². The lowest BCUT2D eigenvalue weighted by molar-refractivity contribution is -0.143. The number of rotatable bonds is 8. The monoisotopic (exact) mass is 347 g/mol. The summed E-state index contributed by atoms with van der Waals surface area (Å²) in [6.45, 7) is -0.325. The number of carbonyl (C=O) groups is 2. The van der Waals surface area contributed by atoms with E-state index in [4.69, 9.17) is 14.2 Å². The Morgan fingerprint density at radius 2 is 1.88 bits per heavy atom. The van der Waals surface area contributed by atoms with E-state index in [2.05, 4.69) is 5.32 Å². The van der Waals surface area contributed by atoms with E-state index < -0.39 is 17.7 Å². The molecule has 6 nitrogen and oxygen atoms in total. The zero-order valence-corrected chi connectivity index (χ0v) is 13.7. The number of benzene rings is 2. The van der Waals surface area contributed by atoms with Gasteiger partial charge in [-0.25, -0.2) is 4.39 Å². The molecular weight excluding hydrogens is 329 g/mol. The van der Waals surface area contributed by atoms with E-state index in [1.54, 1.807) is 36.4 Å². The van der Waals surface area contributed by atoms with Crippen molar-refractivity contribution in [2.45, 2.75) is 0 Å². The van der Waals surface area contributed by atoms with Gasteiger partial charge in [0.1, 0.15) is 25.5 Å². The quantitative estimate of drug-likeness (QED) is 0.585. The van der Waals surface area contributed by atoms with Gasteiger partial charge < -0.3 is 19.5 Å². The molecule has 0 aliphatic rings. The molecular formula is C18H18FNO5. The normalized spacial score (nSPS) is 10.0. The lowest BCUT2D eigenvalue weighted by Crippen LogP contribution is -2.31. The number of nitrogens with one attached hydrogen (secondary N) is 1. The molecule has 0 heterocycles. The summed E-state index contributed by atoms with van der Waals surface area (Å²) in [7, 11) is 1.50. The van der Waals surface area contributed by atoms with E-state index >= 15 is 0 Å². The summed E-state index contributed by atoms with van der Waals surface area (Å²) in [4.78, 5) is 23.5. The summed E-state index contributed by atoms with van der Waals surface area (Å²) < 4.78 is 28.4. The number of hydrogen-bond acceptors (Lipinski definition) is 5. The first kappa shape index (κ1) is 18.3. The van der Waals surface area contributed by atoms with Crippen molar-refractivity contribution < 1.29 is 28.2 Å². The molecule has 0 unspecified atom stereocenters. The maximum absolute atomic E-state index is 13.3. The van der Waals surface area contributed by atoms with E-state index in [0.717, 1.165) is 0 Å². The average Bonchev–Trinajstić information content (AvgIpc) is 2.64. The summed E-state index contributed by atoms with van der Waals surface area (Å²) >= 11 is 0. The molecule has 7 heteroatoms. The van der Waals surface area contributed by atoms with Gasteiger partial charge in [-0.05, 0) is 30.3 Å². The Balaban J connectivity index is 1.68. The van der Waals surface area contributed by atoms with E-state index in [0.29, 0.717) is 11.3 Å². The van der Waals surface area contributed by atoms with Gasteiger partial charge in [0, 0.05) is 5.56 Å². The minimum Gasteiger partial charge on any atom is -0.497 e. The first-order chi connectivity index (χ1) is 12.1. The fourth-order valence-electron chi connectivity index (χ4n) is 1.94. The van der Waals surface area contributed by atoms with Crippen molar-refractivity contribution in [3.8, 4) is 11.5 Å².